The van der Waals surface area contributed by atoms with Crippen LogP contribution in [0.2, 0.25) is 0 Å². The van der Waals surface area contributed by atoms with E-state index in [1.165, 1.54) is 6.20 Å². The third-order valence-corrected chi connectivity index (χ3v) is 1.38. The molecular weight excluding hydrogens is 156 g/mol. The summed E-state index contributed by atoms with van der Waals surface area (Å²) in [6.45, 7) is 5.75. The lowest BCUT2D eigenvalue weighted by Crippen LogP contribution is -2.03. The van der Waals surface area contributed by atoms with Crippen molar-refractivity contribution in [2.75, 3.05) is 6.61 Å². The third kappa shape index (κ3) is 1.84. The summed E-state index contributed by atoms with van der Waals surface area (Å²) in [5, 5.41) is 3.90. The van der Waals surface area contributed by atoms with Gasteiger partial charge in [0.15, 0.2) is 0 Å². The van der Waals surface area contributed by atoms with Crippen molar-refractivity contribution in [1.29, 1.82) is 0 Å². The normalized spacial score (nSPS) is 9.83. The van der Waals surface area contributed by atoms with Crippen molar-refractivity contribution in [3.05, 3.63) is 24.5 Å². The molecule has 0 saturated carbocycles. The number of hydrogen-bond donors (Lipinski definition) is 0. The lowest BCUT2D eigenvalue weighted by atomic mass is 10.4. The van der Waals surface area contributed by atoms with Gasteiger partial charge in [-0.3, -0.25) is 4.68 Å². The van der Waals surface area contributed by atoms with E-state index in [4.69, 9.17) is 4.74 Å². The van der Waals surface area contributed by atoms with Gasteiger partial charge in [0.05, 0.1) is 24.9 Å². The molecule has 0 amide bonds. The van der Waals surface area contributed by atoms with E-state index in [1.807, 2.05) is 6.92 Å². The van der Waals surface area contributed by atoms with Gasteiger partial charge in [0.25, 0.3) is 0 Å². The maximum absolute atomic E-state index is 11.1. The number of rotatable bonds is 3. The number of carbonyl (C=O) groups is 1. The highest BCUT2D eigenvalue weighted by molar-refractivity contribution is 5.88. The van der Waals surface area contributed by atoms with E-state index in [1.54, 1.807) is 24.3 Å². The van der Waals surface area contributed by atoms with Gasteiger partial charge in [-0.05, 0) is 13.8 Å². The summed E-state index contributed by atoms with van der Waals surface area (Å²) in [5.74, 6) is -0.328. The molecule has 0 spiro atoms. The number of hydrogen-bond acceptors (Lipinski definition) is 3. The predicted molar refractivity (Wildman–Crippen MR) is 43.6 cm³/mol. The van der Waals surface area contributed by atoms with E-state index in [2.05, 4.69) is 5.10 Å². The Hall–Kier alpha value is -1.32. The molecule has 0 atom stereocenters. The fourth-order valence-corrected chi connectivity index (χ4v) is 0.799. The Balaban J connectivity index is 2.68. The number of carbonyl (C=O) groups excluding carboxylic acids is 1. The van der Waals surface area contributed by atoms with Crippen molar-refractivity contribution in [3.8, 4) is 0 Å². The highest BCUT2D eigenvalue weighted by atomic mass is 16.5. The molecule has 1 rings (SSSR count). The molecule has 4 nitrogen and oxygen atoms in total. The molecule has 4 heteroatoms. The van der Waals surface area contributed by atoms with Crippen LogP contribution in [0.25, 0.3) is 0 Å². The standard InChI is InChI=1S/C8H11N2O2/c1-3-10-6-7(5-9-10)8(11)12-4-2/h3,5-6H,4H2,1-2H3. The average Bonchev–Trinajstić information content (AvgIpc) is 2.52. The van der Waals surface area contributed by atoms with Crippen molar-refractivity contribution in [1.82, 2.24) is 9.78 Å². The summed E-state index contributed by atoms with van der Waals surface area (Å²) in [6.07, 6.45) is 3.11. The van der Waals surface area contributed by atoms with Crippen molar-refractivity contribution in [3.63, 3.8) is 0 Å². The quantitative estimate of drug-likeness (QED) is 0.633. The molecule has 1 aromatic rings. The van der Waals surface area contributed by atoms with Gasteiger partial charge >= 0.3 is 5.97 Å². The van der Waals surface area contributed by atoms with Crippen LogP contribution in [0.4, 0.5) is 0 Å². The van der Waals surface area contributed by atoms with Gasteiger partial charge in [-0.1, -0.05) is 0 Å². The second kappa shape index (κ2) is 3.90. The molecule has 0 aromatic carbocycles. The summed E-state index contributed by atoms with van der Waals surface area (Å²) in [4.78, 5) is 11.1. The molecule has 0 aliphatic heterocycles. The summed E-state index contributed by atoms with van der Waals surface area (Å²) < 4.78 is 6.34. The smallest absolute Gasteiger partial charge is 0.341 e. The van der Waals surface area contributed by atoms with Crippen LogP contribution in [-0.2, 0) is 4.74 Å². The van der Waals surface area contributed by atoms with E-state index in [9.17, 15) is 4.79 Å². The largest absolute Gasteiger partial charge is 0.462 e. The van der Waals surface area contributed by atoms with Crippen LogP contribution in [0.5, 0.6) is 0 Å². The van der Waals surface area contributed by atoms with Gasteiger partial charge in [0.2, 0.25) is 0 Å². The molecule has 0 bridgehead atoms. The molecule has 0 unspecified atom stereocenters. The van der Waals surface area contributed by atoms with Crippen molar-refractivity contribution >= 4 is 5.97 Å². The van der Waals surface area contributed by atoms with Crippen LogP contribution in [-0.4, -0.2) is 22.4 Å². The van der Waals surface area contributed by atoms with E-state index in [0.29, 0.717) is 12.2 Å². The Kier molecular flexibility index (Phi) is 2.85. The Bertz CT molecular complexity index is 268. The highest BCUT2D eigenvalue weighted by Crippen LogP contribution is 2.00. The van der Waals surface area contributed by atoms with Gasteiger partial charge in [-0.25, -0.2) is 4.79 Å². The summed E-state index contributed by atoms with van der Waals surface area (Å²) in [5.41, 5.74) is 0.481. The molecule has 1 aromatic heterocycles. The first-order valence-corrected chi connectivity index (χ1v) is 3.78. The summed E-state index contributed by atoms with van der Waals surface area (Å²) >= 11 is 0. The average molecular weight is 167 g/mol. The number of esters is 1. The number of aromatic nitrogens is 2. The van der Waals surface area contributed by atoms with Gasteiger partial charge in [-0.15, -0.1) is 0 Å². The molecular formula is C8H11N2O2. The first kappa shape index (κ1) is 8.77. The fraction of sp³-hybridized carbons (Fsp3) is 0.375. The molecule has 0 aliphatic rings. The van der Waals surface area contributed by atoms with Gasteiger partial charge in [0, 0.05) is 6.20 Å². The van der Waals surface area contributed by atoms with Gasteiger partial charge in [0.1, 0.15) is 0 Å². The minimum Gasteiger partial charge on any atom is -0.462 e. The first-order valence-electron chi connectivity index (χ1n) is 3.78. The Labute approximate surface area is 71.1 Å². The molecule has 0 saturated heterocycles. The lowest BCUT2D eigenvalue weighted by Gasteiger charge is -1.96. The molecule has 1 heterocycles. The van der Waals surface area contributed by atoms with Gasteiger partial charge in [-0.2, -0.15) is 5.10 Å². The van der Waals surface area contributed by atoms with E-state index in [-0.39, 0.29) is 5.97 Å². The fourth-order valence-electron chi connectivity index (χ4n) is 0.799. The SMILES string of the molecule is C[CH]n1cc(C(=O)OCC)cn1. The topological polar surface area (TPSA) is 44.1 Å². The van der Waals surface area contributed by atoms with Crippen LogP contribution in [0.1, 0.15) is 24.2 Å². The maximum Gasteiger partial charge on any atom is 0.341 e. The zero-order chi connectivity index (χ0) is 8.97. The zero-order valence-corrected chi connectivity index (χ0v) is 7.15. The Morgan fingerprint density at radius 1 is 1.83 bits per heavy atom. The Morgan fingerprint density at radius 2 is 2.58 bits per heavy atom. The molecule has 65 valence electrons. The predicted octanol–water partition coefficient (Wildman–Crippen LogP) is 1.09. The Morgan fingerprint density at radius 3 is 3.08 bits per heavy atom. The number of nitrogens with zero attached hydrogens (tertiary/aromatic N) is 2. The van der Waals surface area contributed by atoms with Gasteiger partial charge < -0.3 is 4.74 Å². The van der Waals surface area contributed by atoms with Crippen LogP contribution < -0.4 is 0 Å². The molecule has 0 aliphatic carbocycles. The summed E-state index contributed by atoms with van der Waals surface area (Å²) in [6, 6.07) is 0. The lowest BCUT2D eigenvalue weighted by molar-refractivity contribution is 0.0526. The van der Waals surface area contributed by atoms with Crippen LogP contribution in [0.3, 0.4) is 0 Å². The third-order valence-electron chi connectivity index (χ3n) is 1.38. The van der Waals surface area contributed by atoms with Crippen LogP contribution in [0.15, 0.2) is 12.4 Å². The van der Waals surface area contributed by atoms with Crippen molar-refractivity contribution in [2.24, 2.45) is 0 Å². The van der Waals surface area contributed by atoms with Crippen LogP contribution >= 0.6 is 0 Å². The van der Waals surface area contributed by atoms with E-state index >= 15 is 0 Å². The molecule has 0 N–H and O–H groups in total. The monoisotopic (exact) mass is 167 g/mol. The van der Waals surface area contributed by atoms with Crippen molar-refractivity contribution < 1.29 is 9.53 Å². The van der Waals surface area contributed by atoms with E-state index in [0.717, 1.165) is 0 Å². The zero-order valence-electron chi connectivity index (χ0n) is 7.15. The van der Waals surface area contributed by atoms with Crippen LogP contribution in [0, 0.1) is 6.54 Å². The summed E-state index contributed by atoms with van der Waals surface area (Å²) in [7, 11) is 0. The number of ether oxygens (including phenoxy) is 1. The maximum atomic E-state index is 11.1. The second-order valence-electron chi connectivity index (χ2n) is 2.19. The first-order chi connectivity index (χ1) is 5.77. The minimum atomic E-state index is -0.328. The molecule has 0 fully saturated rings. The van der Waals surface area contributed by atoms with Crippen molar-refractivity contribution in [2.45, 2.75) is 13.8 Å². The van der Waals surface area contributed by atoms with E-state index < -0.39 is 0 Å². The highest BCUT2D eigenvalue weighted by Gasteiger charge is 2.07. The molecule has 12 heavy (non-hydrogen) atoms. The second-order valence-corrected chi connectivity index (χ2v) is 2.19. The molecule has 1 radical (unpaired) electrons. The minimum absolute atomic E-state index is 0.328.